The van der Waals surface area contributed by atoms with Crippen molar-refractivity contribution in [3.8, 4) is 0 Å². The van der Waals surface area contributed by atoms with Gasteiger partial charge in [0, 0.05) is 32.5 Å². The molecule has 2 aliphatic heterocycles. The number of benzene rings is 1. The monoisotopic (exact) mass is 565 g/mol. The van der Waals surface area contributed by atoms with E-state index in [1.807, 2.05) is 0 Å². The summed E-state index contributed by atoms with van der Waals surface area (Å²) in [5.41, 5.74) is 1.36. The summed E-state index contributed by atoms with van der Waals surface area (Å²) in [6.45, 7) is 8.06. The highest BCUT2D eigenvalue weighted by Gasteiger charge is 2.23. The number of halogens is 1. The fourth-order valence-electron chi connectivity index (χ4n) is 4.86. The quantitative estimate of drug-likeness (QED) is 0.209. The van der Waals surface area contributed by atoms with Gasteiger partial charge in [-0.3, -0.25) is 9.89 Å². The fourth-order valence-corrected chi connectivity index (χ4v) is 4.86. The van der Waals surface area contributed by atoms with Crippen LogP contribution in [0.3, 0.4) is 0 Å². The molecule has 2 aliphatic rings. The SMILES string of the molecule is CCNC(=NCC(c1ccccc1)N1CCCC1)NCCCc1nnc2n1CCCCC2.I. The van der Waals surface area contributed by atoms with Gasteiger partial charge in [0.25, 0.3) is 0 Å². The van der Waals surface area contributed by atoms with E-state index >= 15 is 0 Å². The molecule has 1 fully saturated rings. The molecule has 2 aromatic rings. The number of nitrogens with zero attached hydrogens (tertiary/aromatic N) is 5. The molecular weight excluding hydrogens is 525 g/mol. The Morgan fingerprint density at radius 2 is 1.79 bits per heavy atom. The minimum Gasteiger partial charge on any atom is -0.357 e. The molecule has 0 spiro atoms. The summed E-state index contributed by atoms with van der Waals surface area (Å²) >= 11 is 0. The predicted molar refractivity (Wildman–Crippen MR) is 145 cm³/mol. The van der Waals surface area contributed by atoms with Crippen molar-refractivity contribution < 1.29 is 0 Å². The van der Waals surface area contributed by atoms with Gasteiger partial charge in [-0.25, -0.2) is 0 Å². The second-order valence-corrected chi connectivity index (χ2v) is 8.91. The number of fused-ring (bicyclic) bond motifs is 1. The molecule has 0 radical (unpaired) electrons. The van der Waals surface area contributed by atoms with E-state index in [0.29, 0.717) is 6.04 Å². The maximum atomic E-state index is 4.97. The molecule has 1 atom stereocenters. The molecule has 1 aromatic carbocycles. The average molecular weight is 566 g/mol. The first-order valence-corrected chi connectivity index (χ1v) is 12.6. The third-order valence-electron chi connectivity index (χ3n) is 6.59. The maximum absolute atomic E-state index is 4.97. The molecule has 0 amide bonds. The van der Waals surface area contributed by atoms with Crippen molar-refractivity contribution in [3.63, 3.8) is 0 Å². The van der Waals surface area contributed by atoms with Gasteiger partial charge in [0.05, 0.1) is 12.6 Å². The van der Waals surface area contributed by atoms with E-state index in [1.54, 1.807) is 0 Å². The summed E-state index contributed by atoms with van der Waals surface area (Å²) in [6.07, 6.45) is 9.42. The Morgan fingerprint density at radius 3 is 2.58 bits per heavy atom. The van der Waals surface area contributed by atoms with E-state index in [2.05, 4.69) is 67.6 Å². The van der Waals surface area contributed by atoms with Crippen molar-refractivity contribution >= 4 is 29.9 Å². The molecule has 1 aromatic heterocycles. The third kappa shape index (κ3) is 7.40. The molecule has 7 nitrogen and oxygen atoms in total. The first-order valence-electron chi connectivity index (χ1n) is 12.6. The predicted octanol–water partition coefficient (Wildman–Crippen LogP) is 3.95. The number of aliphatic imine (C=N–C) groups is 1. The summed E-state index contributed by atoms with van der Waals surface area (Å²) in [5.74, 6) is 3.23. The zero-order valence-electron chi connectivity index (χ0n) is 20.0. The number of nitrogens with one attached hydrogen (secondary N) is 2. The molecular formula is C25H40IN7. The molecule has 3 heterocycles. The molecule has 1 saturated heterocycles. The Balaban J connectivity index is 0.00000306. The zero-order valence-corrected chi connectivity index (χ0v) is 22.3. The van der Waals surface area contributed by atoms with Gasteiger partial charge in [0.2, 0.25) is 0 Å². The second-order valence-electron chi connectivity index (χ2n) is 8.91. The lowest BCUT2D eigenvalue weighted by molar-refractivity contribution is 0.251. The first kappa shape index (κ1) is 25.9. The summed E-state index contributed by atoms with van der Waals surface area (Å²) in [6, 6.07) is 11.2. The average Bonchev–Trinajstić information content (AvgIpc) is 3.42. The first-order chi connectivity index (χ1) is 15.8. The minimum absolute atomic E-state index is 0. The number of hydrogen-bond acceptors (Lipinski definition) is 4. The summed E-state index contributed by atoms with van der Waals surface area (Å²) < 4.78 is 2.35. The number of guanidine groups is 1. The van der Waals surface area contributed by atoms with E-state index < -0.39 is 0 Å². The van der Waals surface area contributed by atoms with Gasteiger partial charge >= 0.3 is 0 Å². The van der Waals surface area contributed by atoms with Crippen molar-refractivity contribution in [1.29, 1.82) is 0 Å². The van der Waals surface area contributed by atoms with Crippen LogP contribution in [0.15, 0.2) is 35.3 Å². The highest BCUT2D eigenvalue weighted by molar-refractivity contribution is 14.0. The van der Waals surface area contributed by atoms with Gasteiger partial charge in [-0.05, 0) is 57.7 Å². The van der Waals surface area contributed by atoms with E-state index in [9.17, 15) is 0 Å². The van der Waals surface area contributed by atoms with Crippen LogP contribution < -0.4 is 10.6 Å². The van der Waals surface area contributed by atoms with Crippen molar-refractivity contribution in [2.45, 2.75) is 70.9 Å². The highest BCUT2D eigenvalue weighted by Crippen LogP contribution is 2.25. The van der Waals surface area contributed by atoms with Gasteiger partial charge in [0.15, 0.2) is 5.96 Å². The molecule has 0 saturated carbocycles. The van der Waals surface area contributed by atoms with E-state index in [-0.39, 0.29) is 24.0 Å². The smallest absolute Gasteiger partial charge is 0.191 e. The van der Waals surface area contributed by atoms with Crippen LogP contribution in [0.2, 0.25) is 0 Å². The van der Waals surface area contributed by atoms with Gasteiger partial charge in [-0.1, -0.05) is 36.8 Å². The summed E-state index contributed by atoms with van der Waals surface area (Å²) in [5, 5.41) is 15.8. The zero-order chi connectivity index (χ0) is 22.0. The molecule has 1 unspecified atom stereocenters. The molecule has 4 rings (SSSR count). The third-order valence-corrected chi connectivity index (χ3v) is 6.59. The summed E-state index contributed by atoms with van der Waals surface area (Å²) in [4.78, 5) is 7.55. The fraction of sp³-hybridized carbons (Fsp3) is 0.640. The van der Waals surface area contributed by atoms with Crippen molar-refractivity contribution in [2.75, 3.05) is 32.7 Å². The maximum Gasteiger partial charge on any atom is 0.191 e. The molecule has 33 heavy (non-hydrogen) atoms. The number of aromatic nitrogens is 3. The van der Waals surface area contributed by atoms with Crippen LogP contribution >= 0.6 is 24.0 Å². The van der Waals surface area contributed by atoms with Gasteiger partial charge in [-0.15, -0.1) is 34.2 Å². The normalized spacial score (nSPS) is 17.7. The van der Waals surface area contributed by atoms with Crippen LogP contribution in [0, 0.1) is 0 Å². The van der Waals surface area contributed by atoms with Crippen LogP contribution in [0.25, 0.3) is 0 Å². The Morgan fingerprint density at radius 1 is 1.00 bits per heavy atom. The Kier molecular flexibility index (Phi) is 10.9. The topological polar surface area (TPSA) is 70.4 Å². The van der Waals surface area contributed by atoms with Gasteiger partial charge in [0.1, 0.15) is 11.6 Å². The van der Waals surface area contributed by atoms with Gasteiger partial charge in [-0.2, -0.15) is 0 Å². The molecule has 8 heteroatoms. The lowest BCUT2D eigenvalue weighted by Crippen LogP contribution is -2.39. The van der Waals surface area contributed by atoms with Crippen LogP contribution in [0.1, 0.15) is 68.7 Å². The lowest BCUT2D eigenvalue weighted by atomic mass is 10.1. The largest absolute Gasteiger partial charge is 0.357 e. The molecule has 182 valence electrons. The second kappa shape index (κ2) is 13.9. The van der Waals surface area contributed by atoms with Gasteiger partial charge < -0.3 is 15.2 Å². The van der Waals surface area contributed by atoms with Crippen molar-refractivity contribution in [2.24, 2.45) is 4.99 Å². The number of hydrogen-bond donors (Lipinski definition) is 2. The number of likely N-dealkylation sites (tertiary alicyclic amines) is 1. The van der Waals surface area contributed by atoms with Crippen LogP contribution in [-0.2, 0) is 19.4 Å². The summed E-state index contributed by atoms with van der Waals surface area (Å²) in [7, 11) is 0. The number of aryl methyl sites for hydroxylation is 2. The molecule has 2 N–H and O–H groups in total. The minimum atomic E-state index is 0. The number of rotatable bonds is 9. The van der Waals surface area contributed by atoms with Crippen LogP contribution in [0.4, 0.5) is 0 Å². The molecule has 0 aliphatic carbocycles. The Labute approximate surface area is 215 Å². The lowest BCUT2D eigenvalue weighted by Gasteiger charge is -2.27. The van der Waals surface area contributed by atoms with E-state index in [1.165, 1.54) is 56.6 Å². The highest BCUT2D eigenvalue weighted by atomic mass is 127. The van der Waals surface area contributed by atoms with Crippen LogP contribution in [-0.4, -0.2) is 58.3 Å². The Bertz CT molecular complexity index is 846. The van der Waals surface area contributed by atoms with Crippen molar-refractivity contribution in [1.82, 2.24) is 30.3 Å². The van der Waals surface area contributed by atoms with Crippen LogP contribution in [0.5, 0.6) is 0 Å². The van der Waals surface area contributed by atoms with E-state index in [0.717, 1.165) is 57.2 Å². The van der Waals surface area contributed by atoms with Crippen molar-refractivity contribution in [3.05, 3.63) is 47.5 Å². The standard InChI is InChI=1S/C25H39N7.HI/c1-2-26-25(27-16-11-15-24-30-29-23-14-7-4-8-19-32(23)24)28-20-22(31-17-9-10-18-31)21-12-5-3-6-13-21;/h3,5-6,12-13,22H,2,4,7-11,14-20H2,1H3,(H2,26,27,28);1H. The Hall–Kier alpha value is -1.68. The molecule has 0 bridgehead atoms. The van der Waals surface area contributed by atoms with E-state index in [4.69, 9.17) is 4.99 Å².